The molecule has 64 valence electrons. The Labute approximate surface area is 69.2 Å². The van der Waals surface area contributed by atoms with Gasteiger partial charge in [0.1, 0.15) is 0 Å². The average Bonchev–Trinajstić information content (AvgIpc) is 2.05. The van der Waals surface area contributed by atoms with Gasteiger partial charge in [0.25, 0.3) is 5.95 Å². The predicted molar refractivity (Wildman–Crippen MR) is 40.8 cm³/mol. The second-order valence-electron chi connectivity index (χ2n) is 2.27. The van der Waals surface area contributed by atoms with E-state index in [1.807, 2.05) is 0 Å². The quantitative estimate of drug-likeness (QED) is 0.496. The molecule has 0 aromatic carbocycles. The summed E-state index contributed by atoms with van der Waals surface area (Å²) >= 11 is 0. The van der Waals surface area contributed by atoms with Gasteiger partial charge in [-0.15, -0.1) is 0 Å². The van der Waals surface area contributed by atoms with Crippen LogP contribution in [0.15, 0.2) is 12.3 Å². The van der Waals surface area contributed by atoms with Crippen LogP contribution in [0.2, 0.25) is 0 Å². The van der Waals surface area contributed by atoms with Gasteiger partial charge in [-0.2, -0.15) is 4.39 Å². The molecule has 0 aliphatic heterocycles. The van der Waals surface area contributed by atoms with Crippen LogP contribution in [0.25, 0.3) is 0 Å². The van der Waals surface area contributed by atoms with Gasteiger partial charge in [-0.05, 0) is 13.0 Å². The number of carbonyl (C=O) groups is 1. The van der Waals surface area contributed by atoms with E-state index in [-0.39, 0.29) is 11.5 Å². The van der Waals surface area contributed by atoms with Gasteiger partial charge in [-0.3, -0.25) is 4.79 Å². The second kappa shape index (κ2) is 3.30. The molecule has 0 saturated carbocycles. The third-order valence-electron chi connectivity index (χ3n) is 1.43. The Kier molecular flexibility index (Phi) is 2.38. The zero-order chi connectivity index (χ0) is 9.14. The van der Waals surface area contributed by atoms with E-state index in [4.69, 9.17) is 0 Å². The van der Waals surface area contributed by atoms with Crippen LogP contribution in [0.1, 0.15) is 17.3 Å². The number of rotatable bonds is 2. The van der Waals surface area contributed by atoms with Gasteiger partial charge in [0.15, 0.2) is 11.5 Å². The number of hydrogen-bond acceptors (Lipinski definition) is 3. The second-order valence-corrected chi connectivity index (χ2v) is 2.27. The largest absolute Gasteiger partial charge is 0.492 e. The number of nitrogens with zero attached hydrogens (tertiary/aromatic N) is 1. The number of carbonyl (C=O) groups excluding carboxylic acids is 1. The third kappa shape index (κ3) is 1.58. The van der Waals surface area contributed by atoms with Crippen molar-refractivity contribution in [3.05, 3.63) is 23.8 Å². The van der Waals surface area contributed by atoms with Crippen molar-refractivity contribution in [2.75, 3.05) is 7.11 Å². The maximum atomic E-state index is 12.7. The number of halogens is 1. The van der Waals surface area contributed by atoms with E-state index < -0.39 is 5.95 Å². The normalized spacial score (nSPS) is 9.58. The van der Waals surface area contributed by atoms with Crippen LogP contribution in [-0.2, 0) is 0 Å². The molecule has 3 nitrogen and oxygen atoms in total. The van der Waals surface area contributed by atoms with Crippen molar-refractivity contribution in [2.45, 2.75) is 6.92 Å². The summed E-state index contributed by atoms with van der Waals surface area (Å²) in [5.74, 6) is -0.883. The lowest BCUT2D eigenvalue weighted by molar-refractivity contribution is 0.101. The van der Waals surface area contributed by atoms with Gasteiger partial charge >= 0.3 is 0 Å². The van der Waals surface area contributed by atoms with E-state index in [1.54, 1.807) is 0 Å². The van der Waals surface area contributed by atoms with E-state index in [0.717, 1.165) is 0 Å². The molecular formula is C8H8FNO2. The molecule has 12 heavy (non-hydrogen) atoms. The first-order valence-electron chi connectivity index (χ1n) is 3.35. The first-order valence-corrected chi connectivity index (χ1v) is 3.35. The van der Waals surface area contributed by atoms with Gasteiger partial charge < -0.3 is 4.74 Å². The molecule has 1 rings (SSSR count). The summed E-state index contributed by atoms with van der Waals surface area (Å²) in [5.41, 5.74) is 0.341. The maximum Gasteiger partial charge on any atom is 0.255 e. The fraction of sp³-hybridized carbons (Fsp3) is 0.250. The number of aromatic nitrogens is 1. The summed E-state index contributed by atoms with van der Waals surface area (Å²) in [6, 6.07) is 1.32. The van der Waals surface area contributed by atoms with E-state index in [1.165, 1.54) is 26.3 Å². The summed E-state index contributed by atoms with van der Waals surface area (Å²) in [6.07, 6.45) is 1.18. The van der Waals surface area contributed by atoms with Crippen molar-refractivity contribution in [3.63, 3.8) is 0 Å². The van der Waals surface area contributed by atoms with Crippen LogP contribution in [0.4, 0.5) is 4.39 Å². The molecule has 4 heteroatoms. The molecule has 0 aliphatic carbocycles. The lowest BCUT2D eigenvalue weighted by atomic mass is 10.2. The van der Waals surface area contributed by atoms with Crippen LogP contribution in [-0.4, -0.2) is 17.9 Å². The summed E-state index contributed by atoms with van der Waals surface area (Å²) < 4.78 is 17.3. The lowest BCUT2D eigenvalue weighted by Crippen LogP contribution is -1.98. The molecule has 0 spiro atoms. The molecule has 0 bridgehead atoms. The van der Waals surface area contributed by atoms with Crippen molar-refractivity contribution >= 4 is 5.78 Å². The van der Waals surface area contributed by atoms with Crippen molar-refractivity contribution in [2.24, 2.45) is 0 Å². The highest BCUT2D eigenvalue weighted by atomic mass is 19.1. The monoisotopic (exact) mass is 169 g/mol. The number of ketones is 1. The van der Waals surface area contributed by atoms with Gasteiger partial charge in [-0.25, -0.2) is 4.98 Å². The number of pyridine rings is 1. The van der Waals surface area contributed by atoms with E-state index in [9.17, 15) is 9.18 Å². The molecule has 1 aromatic rings. The highest BCUT2D eigenvalue weighted by Crippen LogP contribution is 2.15. The van der Waals surface area contributed by atoms with E-state index in [2.05, 4.69) is 9.72 Å². The summed E-state index contributed by atoms with van der Waals surface area (Å²) in [6.45, 7) is 1.38. The number of methoxy groups -OCH3 is 1. The van der Waals surface area contributed by atoms with Gasteiger partial charge in [0.2, 0.25) is 0 Å². The minimum Gasteiger partial charge on any atom is -0.492 e. The number of Topliss-reactive ketones (excluding diaryl/α,β-unsaturated/α-hetero) is 1. The molecule has 0 fully saturated rings. The van der Waals surface area contributed by atoms with Crippen LogP contribution in [0.3, 0.4) is 0 Å². The number of ether oxygens (including phenoxy) is 1. The smallest absolute Gasteiger partial charge is 0.255 e. The molecule has 1 aromatic heterocycles. The Hall–Kier alpha value is -1.45. The molecule has 0 saturated heterocycles. The molecule has 0 atom stereocenters. The SMILES string of the molecule is COc1cc(C(C)=O)cnc1F. The highest BCUT2D eigenvalue weighted by molar-refractivity contribution is 5.94. The Balaban J connectivity index is 3.13. The fourth-order valence-electron chi connectivity index (χ4n) is 0.764. The minimum atomic E-state index is -0.706. The summed E-state index contributed by atoms with van der Waals surface area (Å²) in [4.78, 5) is 14.2. The molecule has 0 aliphatic rings. The van der Waals surface area contributed by atoms with Crippen molar-refractivity contribution in [1.29, 1.82) is 0 Å². The first kappa shape index (κ1) is 8.64. The molecule has 0 N–H and O–H groups in total. The Morgan fingerprint density at radius 3 is 2.83 bits per heavy atom. The Morgan fingerprint density at radius 2 is 2.33 bits per heavy atom. The van der Waals surface area contributed by atoms with Gasteiger partial charge in [0, 0.05) is 11.8 Å². The zero-order valence-electron chi connectivity index (χ0n) is 6.80. The summed E-state index contributed by atoms with van der Waals surface area (Å²) in [7, 11) is 1.32. The third-order valence-corrected chi connectivity index (χ3v) is 1.43. The first-order chi connectivity index (χ1) is 5.65. The fourth-order valence-corrected chi connectivity index (χ4v) is 0.764. The highest BCUT2D eigenvalue weighted by Gasteiger charge is 2.06. The maximum absolute atomic E-state index is 12.7. The number of hydrogen-bond donors (Lipinski definition) is 0. The topological polar surface area (TPSA) is 39.2 Å². The Morgan fingerprint density at radius 1 is 1.67 bits per heavy atom. The van der Waals surface area contributed by atoms with Crippen molar-refractivity contribution < 1.29 is 13.9 Å². The van der Waals surface area contributed by atoms with E-state index in [0.29, 0.717) is 5.56 Å². The van der Waals surface area contributed by atoms with Gasteiger partial charge in [0.05, 0.1) is 7.11 Å². The van der Waals surface area contributed by atoms with Crippen molar-refractivity contribution in [3.8, 4) is 5.75 Å². The Bertz CT molecular complexity index is 312. The zero-order valence-corrected chi connectivity index (χ0v) is 6.80. The van der Waals surface area contributed by atoms with Crippen molar-refractivity contribution in [1.82, 2.24) is 4.98 Å². The lowest BCUT2D eigenvalue weighted by Gasteiger charge is -2.01. The van der Waals surface area contributed by atoms with Crippen LogP contribution in [0.5, 0.6) is 5.75 Å². The van der Waals surface area contributed by atoms with Gasteiger partial charge in [-0.1, -0.05) is 0 Å². The van der Waals surface area contributed by atoms with Crippen LogP contribution in [0, 0.1) is 5.95 Å². The molecule has 0 amide bonds. The molecule has 0 unspecified atom stereocenters. The standard InChI is InChI=1S/C8H8FNO2/c1-5(11)6-3-7(12-2)8(9)10-4-6/h3-4H,1-2H3. The molecular weight excluding hydrogens is 161 g/mol. The molecule has 0 radical (unpaired) electrons. The summed E-state index contributed by atoms with van der Waals surface area (Å²) in [5, 5.41) is 0. The predicted octanol–water partition coefficient (Wildman–Crippen LogP) is 1.43. The van der Waals surface area contributed by atoms with E-state index >= 15 is 0 Å². The average molecular weight is 169 g/mol. The van der Waals surface area contributed by atoms with Crippen LogP contribution >= 0.6 is 0 Å². The molecule has 1 heterocycles. The minimum absolute atomic E-state index is 0.0114. The van der Waals surface area contributed by atoms with Crippen LogP contribution < -0.4 is 4.74 Å².